The van der Waals surface area contributed by atoms with E-state index in [-0.39, 0.29) is 25.5 Å². The number of aliphatic hydroxyl groups is 2. The molecule has 172 valence electrons. The molecule has 0 saturated heterocycles. The zero-order chi connectivity index (χ0) is 23.5. The van der Waals surface area contributed by atoms with Crippen LogP contribution in [0.1, 0.15) is 46.3 Å². The van der Waals surface area contributed by atoms with Crippen molar-refractivity contribution in [2.24, 2.45) is 0 Å². The minimum absolute atomic E-state index is 0.00795. The molecule has 0 bridgehead atoms. The van der Waals surface area contributed by atoms with Crippen LogP contribution in [0, 0.1) is 13.8 Å². The zero-order valence-corrected chi connectivity index (χ0v) is 19.5. The van der Waals surface area contributed by atoms with Gasteiger partial charge in [-0.05, 0) is 71.3 Å². The molecule has 33 heavy (non-hydrogen) atoms. The lowest BCUT2D eigenvalue weighted by Gasteiger charge is -2.22. The van der Waals surface area contributed by atoms with E-state index in [0.29, 0.717) is 10.6 Å². The van der Waals surface area contributed by atoms with E-state index >= 15 is 0 Å². The van der Waals surface area contributed by atoms with Crippen LogP contribution in [0.25, 0.3) is 11.1 Å². The van der Waals surface area contributed by atoms with E-state index in [1.807, 2.05) is 38.1 Å². The minimum Gasteiger partial charge on any atom is -0.449 e. The van der Waals surface area contributed by atoms with Crippen LogP contribution >= 0.6 is 11.6 Å². The van der Waals surface area contributed by atoms with Crippen molar-refractivity contribution in [3.63, 3.8) is 0 Å². The lowest BCUT2D eigenvalue weighted by atomic mass is 9.93. The molecule has 0 spiro atoms. The Morgan fingerprint density at radius 3 is 2.12 bits per heavy atom. The molecule has 0 fully saturated rings. The van der Waals surface area contributed by atoms with E-state index in [0.717, 1.165) is 22.3 Å². The SMILES string of the molecule is Cc1cc(Cl)cc(C)c1C(O)C(O)CCNC(=O)OCC1c2ccccc2-c2ccccc21. The molecule has 0 aromatic heterocycles. The summed E-state index contributed by atoms with van der Waals surface area (Å²) in [6.45, 7) is 4.10. The van der Waals surface area contributed by atoms with Crippen LogP contribution in [0.3, 0.4) is 0 Å². The number of carbonyl (C=O) groups is 1. The Kier molecular flexibility index (Phi) is 7.03. The van der Waals surface area contributed by atoms with Crippen LogP contribution in [0.15, 0.2) is 60.7 Å². The number of halogens is 1. The summed E-state index contributed by atoms with van der Waals surface area (Å²) >= 11 is 6.05. The van der Waals surface area contributed by atoms with Crippen molar-refractivity contribution in [1.29, 1.82) is 0 Å². The van der Waals surface area contributed by atoms with Crippen LogP contribution in [-0.2, 0) is 4.74 Å². The Balaban J connectivity index is 1.30. The molecule has 1 aliphatic rings. The maximum Gasteiger partial charge on any atom is 0.407 e. The summed E-state index contributed by atoms with van der Waals surface area (Å²) in [5.41, 5.74) is 6.94. The highest BCUT2D eigenvalue weighted by atomic mass is 35.5. The fraction of sp³-hybridized carbons (Fsp3) is 0.296. The third kappa shape index (κ3) is 4.91. The highest BCUT2D eigenvalue weighted by Gasteiger charge is 2.29. The van der Waals surface area contributed by atoms with E-state index in [1.54, 1.807) is 12.1 Å². The Labute approximate surface area is 199 Å². The summed E-state index contributed by atoms with van der Waals surface area (Å²) in [6.07, 6.45) is -2.45. The molecule has 2 unspecified atom stereocenters. The largest absolute Gasteiger partial charge is 0.449 e. The van der Waals surface area contributed by atoms with Gasteiger partial charge in [0.05, 0.1) is 6.10 Å². The van der Waals surface area contributed by atoms with Crippen LogP contribution in [0.5, 0.6) is 0 Å². The number of alkyl carbamates (subject to hydrolysis) is 1. The summed E-state index contributed by atoms with van der Waals surface area (Å²) in [4.78, 5) is 12.3. The first-order chi connectivity index (χ1) is 15.9. The second-order valence-corrected chi connectivity index (χ2v) is 8.94. The molecule has 0 aliphatic heterocycles. The normalized spacial score (nSPS) is 14.3. The number of hydrogen-bond acceptors (Lipinski definition) is 4. The van der Waals surface area contributed by atoms with Crippen molar-refractivity contribution >= 4 is 17.7 Å². The molecule has 1 amide bonds. The summed E-state index contributed by atoms with van der Waals surface area (Å²) in [5.74, 6) is -0.00795. The molecule has 0 radical (unpaired) electrons. The number of nitrogens with one attached hydrogen (secondary N) is 1. The van der Waals surface area contributed by atoms with Crippen LogP contribution in [0.2, 0.25) is 5.02 Å². The highest BCUT2D eigenvalue weighted by Crippen LogP contribution is 2.44. The summed E-state index contributed by atoms with van der Waals surface area (Å²) in [5, 5.41) is 24.3. The van der Waals surface area contributed by atoms with Crippen LogP contribution in [-0.4, -0.2) is 35.6 Å². The van der Waals surface area contributed by atoms with Gasteiger partial charge in [0.2, 0.25) is 0 Å². The van der Waals surface area contributed by atoms with E-state index in [9.17, 15) is 15.0 Å². The lowest BCUT2D eigenvalue weighted by molar-refractivity contribution is 0.0129. The highest BCUT2D eigenvalue weighted by molar-refractivity contribution is 6.30. The number of aliphatic hydroxyl groups excluding tert-OH is 2. The second-order valence-electron chi connectivity index (χ2n) is 8.51. The van der Waals surface area contributed by atoms with Crippen LogP contribution in [0.4, 0.5) is 4.79 Å². The Hall–Kier alpha value is -2.86. The maximum atomic E-state index is 12.3. The van der Waals surface area contributed by atoms with Gasteiger partial charge in [0, 0.05) is 17.5 Å². The van der Waals surface area contributed by atoms with Gasteiger partial charge in [-0.1, -0.05) is 60.1 Å². The number of amides is 1. The predicted octanol–water partition coefficient (Wildman–Crippen LogP) is 5.28. The van der Waals surface area contributed by atoms with E-state index in [4.69, 9.17) is 16.3 Å². The Morgan fingerprint density at radius 2 is 1.55 bits per heavy atom. The van der Waals surface area contributed by atoms with Crippen molar-refractivity contribution in [3.05, 3.63) is 93.5 Å². The third-order valence-electron chi connectivity index (χ3n) is 6.27. The van der Waals surface area contributed by atoms with Gasteiger partial charge in [-0.3, -0.25) is 0 Å². The van der Waals surface area contributed by atoms with Crippen molar-refractivity contribution in [1.82, 2.24) is 5.32 Å². The van der Waals surface area contributed by atoms with Gasteiger partial charge >= 0.3 is 6.09 Å². The van der Waals surface area contributed by atoms with Gasteiger partial charge in [-0.25, -0.2) is 4.79 Å². The third-order valence-corrected chi connectivity index (χ3v) is 6.49. The average Bonchev–Trinajstić information content (AvgIpc) is 3.10. The topological polar surface area (TPSA) is 78.8 Å². The van der Waals surface area contributed by atoms with E-state index in [2.05, 4.69) is 29.6 Å². The van der Waals surface area contributed by atoms with Crippen molar-refractivity contribution in [2.45, 2.75) is 38.4 Å². The molecule has 4 rings (SSSR count). The lowest BCUT2D eigenvalue weighted by Crippen LogP contribution is -2.31. The molecule has 3 N–H and O–H groups in total. The van der Waals surface area contributed by atoms with Crippen molar-refractivity contribution in [2.75, 3.05) is 13.2 Å². The monoisotopic (exact) mass is 465 g/mol. The zero-order valence-electron chi connectivity index (χ0n) is 18.7. The van der Waals surface area contributed by atoms with Crippen molar-refractivity contribution in [3.8, 4) is 11.1 Å². The number of benzene rings is 3. The van der Waals surface area contributed by atoms with Gasteiger partial charge < -0.3 is 20.3 Å². The first-order valence-electron chi connectivity index (χ1n) is 11.1. The molecule has 0 heterocycles. The second kappa shape index (κ2) is 9.96. The minimum atomic E-state index is -1.06. The molecule has 3 aromatic rings. The van der Waals surface area contributed by atoms with Crippen molar-refractivity contribution < 1.29 is 19.7 Å². The fourth-order valence-corrected chi connectivity index (χ4v) is 5.04. The van der Waals surface area contributed by atoms with E-state index in [1.165, 1.54) is 11.1 Å². The number of rotatable bonds is 7. The molecule has 2 atom stereocenters. The number of carbonyl (C=O) groups excluding carboxylic acids is 1. The molecular weight excluding hydrogens is 438 g/mol. The summed E-state index contributed by atoms with van der Waals surface area (Å²) in [6, 6.07) is 19.8. The van der Waals surface area contributed by atoms with Crippen LogP contribution < -0.4 is 5.32 Å². The Morgan fingerprint density at radius 1 is 1.00 bits per heavy atom. The van der Waals surface area contributed by atoms with Gasteiger partial charge in [-0.15, -0.1) is 0 Å². The molecule has 0 saturated carbocycles. The van der Waals surface area contributed by atoms with Gasteiger partial charge in [-0.2, -0.15) is 0 Å². The smallest absolute Gasteiger partial charge is 0.407 e. The summed E-state index contributed by atoms with van der Waals surface area (Å²) in [7, 11) is 0. The quantitative estimate of drug-likeness (QED) is 0.443. The molecule has 5 nitrogen and oxygen atoms in total. The number of ether oxygens (including phenoxy) is 1. The van der Waals surface area contributed by atoms with Gasteiger partial charge in [0.1, 0.15) is 12.7 Å². The van der Waals surface area contributed by atoms with Gasteiger partial charge in [0.25, 0.3) is 0 Å². The first-order valence-corrected chi connectivity index (χ1v) is 11.5. The molecular formula is C27H28ClNO4. The predicted molar refractivity (Wildman–Crippen MR) is 130 cm³/mol. The maximum absolute atomic E-state index is 12.3. The van der Waals surface area contributed by atoms with Gasteiger partial charge in [0.15, 0.2) is 0 Å². The standard InChI is InChI=1S/C27H28ClNO4/c1-16-13-18(28)14-17(2)25(16)26(31)24(30)11-12-29-27(32)33-15-23-21-9-5-3-7-19(21)20-8-4-6-10-22(20)23/h3-10,13-14,23-24,26,30-31H,11-12,15H2,1-2H3,(H,29,32). The number of fused-ring (bicyclic) bond motifs is 3. The average molecular weight is 466 g/mol. The summed E-state index contributed by atoms with van der Waals surface area (Å²) < 4.78 is 5.51. The molecule has 6 heteroatoms. The molecule has 1 aliphatic carbocycles. The number of aryl methyl sites for hydroxylation is 2. The first kappa shape index (κ1) is 23.3. The fourth-order valence-electron chi connectivity index (χ4n) is 4.71. The Bertz CT molecular complexity index is 1090. The molecule has 3 aromatic carbocycles. The number of hydrogen-bond donors (Lipinski definition) is 3. The van der Waals surface area contributed by atoms with E-state index < -0.39 is 18.3 Å².